The SMILES string of the molecule is CCCCCCCCCCCCOC(=O)CN(C)C(=O)c1ccc(F)cc1. The number of hydrogen-bond donors (Lipinski definition) is 0. The van der Waals surface area contributed by atoms with Crippen LogP contribution in [0.1, 0.15) is 81.5 Å². The second-order valence-electron chi connectivity index (χ2n) is 7.07. The number of carbonyl (C=O) groups is 2. The Kier molecular flexibility index (Phi) is 12.2. The topological polar surface area (TPSA) is 46.6 Å². The van der Waals surface area contributed by atoms with Crippen molar-refractivity contribution in [2.45, 2.75) is 71.1 Å². The molecule has 0 aliphatic rings. The van der Waals surface area contributed by atoms with Crippen molar-refractivity contribution in [1.82, 2.24) is 4.90 Å². The summed E-state index contributed by atoms with van der Waals surface area (Å²) in [5.74, 6) is -1.14. The van der Waals surface area contributed by atoms with E-state index in [0.29, 0.717) is 12.2 Å². The lowest BCUT2D eigenvalue weighted by Crippen LogP contribution is -2.33. The zero-order chi connectivity index (χ0) is 19.9. The summed E-state index contributed by atoms with van der Waals surface area (Å²) in [5.41, 5.74) is 0.349. The van der Waals surface area contributed by atoms with Gasteiger partial charge >= 0.3 is 5.97 Å². The normalized spacial score (nSPS) is 10.6. The maximum absolute atomic E-state index is 12.9. The van der Waals surface area contributed by atoms with Crippen LogP contribution in [0.5, 0.6) is 0 Å². The van der Waals surface area contributed by atoms with Crippen LogP contribution in [-0.4, -0.2) is 37.0 Å². The molecule has 1 amide bonds. The van der Waals surface area contributed by atoms with Crippen molar-refractivity contribution in [3.05, 3.63) is 35.6 Å². The third kappa shape index (κ3) is 10.7. The molecule has 0 atom stereocenters. The van der Waals surface area contributed by atoms with Crippen molar-refractivity contribution in [2.75, 3.05) is 20.2 Å². The summed E-state index contributed by atoms with van der Waals surface area (Å²) in [6.07, 6.45) is 12.3. The first-order valence-electron chi connectivity index (χ1n) is 10.2. The Hall–Kier alpha value is -1.91. The van der Waals surface area contributed by atoms with Gasteiger partial charge in [-0.25, -0.2) is 4.39 Å². The highest BCUT2D eigenvalue weighted by Gasteiger charge is 2.15. The zero-order valence-corrected chi connectivity index (χ0v) is 16.8. The molecular formula is C22H34FNO3. The lowest BCUT2D eigenvalue weighted by Gasteiger charge is -2.16. The van der Waals surface area contributed by atoms with E-state index in [4.69, 9.17) is 4.74 Å². The van der Waals surface area contributed by atoms with Gasteiger partial charge in [-0.1, -0.05) is 64.7 Å². The molecule has 0 spiro atoms. The Morgan fingerprint density at radius 1 is 0.889 bits per heavy atom. The fourth-order valence-electron chi connectivity index (χ4n) is 2.90. The number of hydrogen-bond acceptors (Lipinski definition) is 3. The predicted octanol–water partition coefficient (Wildman–Crippen LogP) is 5.36. The van der Waals surface area contributed by atoms with Crippen LogP contribution in [0, 0.1) is 5.82 Å². The fourth-order valence-corrected chi connectivity index (χ4v) is 2.90. The second kappa shape index (κ2) is 14.2. The van der Waals surface area contributed by atoms with E-state index in [1.807, 2.05) is 0 Å². The molecule has 5 heteroatoms. The van der Waals surface area contributed by atoms with Gasteiger partial charge < -0.3 is 9.64 Å². The molecule has 1 aromatic carbocycles. The lowest BCUT2D eigenvalue weighted by atomic mass is 10.1. The van der Waals surface area contributed by atoms with Crippen LogP contribution in [0.4, 0.5) is 4.39 Å². The molecule has 0 fully saturated rings. The molecule has 1 aromatic rings. The highest BCUT2D eigenvalue weighted by atomic mass is 19.1. The number of carbonyl (C=O) groups excluding carboxylic acids is 2. The van der Waals surface area contributed by atoms with E-state index >= 15 is 0 Å². The third-order valence-corrected chi connectivity index (χ3v) is 4.57. The molecule has 0 heterocycles. The molecule has 4 nitrogen and oxygen atoms in total. The number of unbranched alkanes of at least 4 members (excludes halogenated alkanes) is 9. The molecule has 1 rings (SSSR count). The summed E-state index contributed by atoms with van der Waals surface area (Å²) in [4.78, 5) is 25.3. The van der Waals surface area contributed by atoms with Crippen LogP contribution in [0.2, 0.25) is 0 Å². The van der Waals surface area contributed by atoms with Crippen molar-refractivity contribution in [3.8, 4) is 0 Å². The lowest BCUT2D eigenvalue weighted by molar-refractivity contribution is -0.144. The van der Waals surface area contributed by atoms with Gasteiger partial charge in [0.2, 0.25) is 0 Å². The minimum atomic E-state index is -0.413. The standard InChI is InChI=1S/C22H34FNO3/c1-3-4-5-6-7-8-9-10-11-12-17-27-21(25)18-24(2)22(26)19-13-15-20(23)16-14-19/h13-16H,3-12,17-18H2,1-2H3. The Morgan fingerprint density at radius 3 is 1.96 bits per heavy atom. The van der Waals surface area contributed by atoms with Crippen molar-refractivity contribution < 1.29 is 18.7 Å². The van der Waals surface area contributed by atoms with Crippen molar-refractivity contribution >= 4 is 11.9 Å². The number of halogens is 1. The summed E-state index contributed by atoms with van der Waals surface area (Å²) in [7, 11) is 1.54. The van der Waals surface area contributed by atoms with Crippen LogP contribution in [-0.2, 0) is 9.53 Å². The van der Waals surface area contributed by atoms with E-state index in [9.17, 15) is 14.0 Å². The molecule has 0 N–H and O–H groups in total. The van der Waals surface area contributed by atoms with Crippen molar-refractivity contribution in [1.29, 1.82) is 0 Å². The van der Waals surface area contributed by atoms with Crippen LogP contribution >= 0.6 is 0 Å². The number of amides is 1. The molecule has 0 bridgehead atoms. The number of nitrogens with zero attached hydrogens (tertiary/aromatic N) is 1. The van der Waals surface area contributed by atoms with Crippen LogP contribution in [0.15, 0.2) is 24.3 Å². The molecule has 152 valence electrons. The molecule has 0 aromatic heterocycles. The van der Waals surface area contributed by atoms with Gasteiger partial charge in [0, 0.05) is 12.6 Å². The first-order chi connectivity index (χ1) is 13.0. The molecule has 0 aliphatic heterocycles. The minimum Gasteiger partial charge on any atom is -0.464 e. The summed E-state index contributed by atoms with van der Waals surface area (Å²) in [5, 5.41) is 0. The van der Waals surface area contributed by atoms with E-state index in [1.54, 1.807) is 0 Å². The second-order valence-corrected chi connectivity index (χ2v) is 7.07. The Morgan fingerprint density at radius 2 is 1.41 bits per heavy atom. The number of rotatable bonds is 14. The highest BCUT2D eigenvalue weighted by Crippen LogP contribution is 2.10. The van der Waals surface area contributed by atoms with Gasteiger partial charge in [0.05, 0.1) is 6.61 Å². The monoisotopic (exact) mass is 379 g/mol. The Bertz CT molecular complexity index is 545. The average molecular weight is 380 g/mol. The van der Waals surface area contributed by atoms with Crippen LogP contribution < -0.4 is 0 Å². The summed E-state index contributed by atoms with van der Waals surface area (Å²) in [6.45, 7) is 2.52. The molecule has 0 radical (unpaired) electrons. The van der Waals surface area contributed by atoms with Gasteiger partial charge in [0.1, 0.15) is 12.4 Å². The van der Waals surface area contributed by atoms with E-state index in [-0.39, 0.29) is 12.5 Å². The average Bonchev–Trinajstić information content (AvgIpc) is 2.66. The first-order valence-corrected chi connectivity index (χ1v) is 10.2. The van der Waals surface area contributed by atoms with Crippen molar-refractivity contribution in [3.63, 3.8) is 0 Å². The third-order valence-electron chi connectivity index (χ3n) is 4.57. The van der Waals surface area contributed by atoms with Crippen LogP contribution in [0.3, 0.4) is 0 Å². The smallest absolute Gasteiger partial charge is 0.325 e. The van der Waals surface area contributed by atoms with Crippen molar-refractivity contribution in [2.24, 2.45) is 0 Å². The molecule has 0 aliphatic carbocycles. The van der Waals surface area contributed by atoms with Crippen LogP contribution in [0.25, 0.3) is 0 Å². The number of esters is 1. The zero-order valence-electron chi connectivity index (χ0n) is 16.8. The summed E-state index contributed by atoms with van der Waals surface area (Å²) >= 11 is 0. The van der Waals surface area contributed by atoms with E-state index in [1.165, 1.54) is 87.6 Å². The molecule has 0 saturated heterocycles. The molecule has 27 heavy (non-hydrogen) atoms. The van der Waals surface area contributed by atoms with Gasteiger partial charge in [0.25, 0.3) is 5.91 Å². The highest BCUT2D eigenvalue weighted by molar-refractivity contribution is 5.95. The maximum Gasteiger partial charge on any atom is 0.325 e. The number of benzene rings is 1. The van der Waals surface area contributed by atoms with Gasteiger partial charge in [-0.3, -0.25) is 9.59 Å². The predicted molar refractivity (Wildman–Crippen MR) is 106 cm³/mol. The summed E-state index contributed by atoms with van der Waals surface area (Å²) < 4.78 is 18.1. The molecule has 0 unspecified atom stereocenters. The van der Waals surface area contributed by atoms with E-state index in [2.05, 4.69) is 6.92 Å². The molecular weight excluding hydrogens is 345 g/mol. The Balaban J connectivity index is 2.05. The quantitative estimate of drug-likeness (QED) is 0.323. The van der Waals surface area contributed by atoms with Gasteiger partial charge in [-0.15, -0.1) is 0 Å². The first kappa shape index (κ1) is 23.1. The number of ether oxygens (including phenoxy) is 1. The van der Waals surface area contributed by atoms with Gasteiger partial charge in [-0.05, 0) is 30.7 Å². The minimum absolute atomic E-state index is 0.103. The maximum atomic E-state index is 12.9. The van der Waals surface area contributed by atoms with E-state index < -0.39 is 11.8 Å². The molecule has 0 saturated carbocycles. The van der Waals surface area contributed by atoms with Gasteiger partial charge in [0.15, 0.2) is 0 Å². The Labute approximate surface area is 163 Å². The number of likely N-dealkylation sites (N-methyl/N-ethyl adjacent to an activating group) is 1. The van der Waals surface area contributed by atoms with Gasteiger partial charge in [-0.2, -0.15) is 0 Å². The van der Waals surface area contributed by atoms with E-state index in [0.717, 1.165) is 12.8 Å². The largest absolute Gasteiger partial charge is 0.464 e. The summed E-state index contributed by atoms with van der Waals surface area (Å²) in [6, 6.07) is 5.27. The fraction of sp³-hybridized carbons (Fsp3) is 0.636.